The summed E-state index contributed by atoms with van der Waals surface area (Å²) >= 11 is 11.9. The lowest BCUT2D eigenvalue weighted by Crippen LogP contribution is -2.54. The van der Waals surface area contributed by atoms with Crippen LogP contribution in [0, 0.1) is 6.92 Å². The van der Waals surface area contributed by atoms with Crippen molar-refractivity contribution in [3.63, 3.8) is 0 Å². The van der Waals surface area contributed by atoms with Crippen LogP contribution in [0.3, 0.4) is 0 Å². The van der Waals surface area contributed by atoms with Crippen molar-refractivity contribution in [2.75, 3.05) is 16.8 Å². The molecule has 0 bridgehead atoms. The van der Waals surface area contributed by atoms with Gasteiger partial charge < -0.3 is 10.1 Å². The zero-order chi connectivity index (χ0) is 25.8. The number of rotatable bonds is 6. The van der Waals surface area contributed by atoms with Crippen LogP contribution in [0.2, 0.25) is 10.0 Å². The standard InChI is InChI=1S/C26H19Cl2N3O5/c1-15-2-5-18(28)13-22(15)31-25(34)21(24(33)30-26(31)35)12-16-3-10-20(11-4-16)36-14-23(32)29-19-8-6-17(27)7-9-19/h2-13H,14H2,1H3,(H,29,32)(H,30,33,35)/b21-12+. The topological polar surface area (TPSA) is 105 Å². The lowest BCUT2D eigenvalue weighted by atomic mass is 10.1. The Morgan fingerprint density at radius 1 is 0.972 bits per heavy atom. The number of nitrogens with one attached hydrogen (secondary N) is 2. The predicted octanol–water partition coefficient (Wildman–Crippen LogP) is 4.99. The second kappa shape index (κ2) is 10.6. The van der Waals surface area contributed by atoms with E-state index in [1.54, 1.807) is 67.6 Å². The van der Waals surface area contributed by atoms with Crippen LogP contribution in [-0.4, -0.2) is 30.4 Å². The molecule has 0 unspecified atom stereocenters. The first-order valence-electron chi connectivity index (χ1n) is 10.7. The number of ether oxygens (including phenoxy) is 1. The Morgan fingerprint density at radius 3 is 2.33 bits per heavy atom. The molecule has 1 saturated heterocycles. The third-order valence-corrected chi connectivity index (χ3v) is 5.69. The molecular formula is C26H19Cl2N3O5. The van der Waals surface area contributed by atoms with Crippen molar-refractivity contribution < 1.29 is 23.9 Å². The molecule has 0 saturated carbocycles. The first-order chi connectivity index (χ1) is 17.2. The van der Waals surface area contributed by atoms with E-state index in [-0.39, 0.29) is 23.8 Å². The predicted molar refractivity (Wildman–Crippen MR) is 137 cm³/mol. The number of hydrogen-bond acceptors (Lipinski definition) is 5. The van der Waals surface area contributed by atoms with Gasteiger partial charge in [-0.25, -0.2) is 9.69 Å². The van der Waals surface area contributed by atoms with E-state index in [1.807, 2.05) is 0 Å². The summed E-state index contributed by atoms with van der Waals surface area (Å²) in [5.74, 6) is -1.52. The molecule has 1 heterocycles. The molecule has 1 aliphatic heterocycles. The van der Waals surface area contributed by atoms with Crippen LogP contribution in [0.1, 0.15) is 11.1 Å². The molecule has 8 nitrogen and oxygen atoms in total. The first kappa shape index (κ1) is 25.0. The molecule has 1 fully saturated rings. The fraction of sp³-hybridized carbons (Fsp3) is 0.0769. The Hall–Kier alpha value is -4.14. The van der Waals surface area contributed by atoms with Crippen molar-refractivity contribution in [2.24, 2.45) is 0 Å². The maximum Gasteiger partial charge on any atom is 0.335 e. The number of carbonyl (C=O) groups is 4. The van der Waals surface area contributed by atoms with Gasteiger partial charge in [-0.1, -0.05) is 41.4 Å². The highest BCUT2D eigenvalue weighted by Gasteiger charge is 2.37. The van der Waals surface area contributed by atoms with E-state index in [2.05, 4.69) is 10.6 Å². The van der Waals surface area contributed by atoms with Gasteiger partial charge in [0.2, 0.25) is 0 Å². The first-order valence-corrected chi connectivity index (χ1v) is 11.4. The van der Waals surface area contributed by atoms with E-state index < -0.39 is 17.8 Å². The average Bonchev–Trinajstić information content (AvgIpc) is 2.84. The number of imide groups is 2. The lowest BCUT2D eigenvalue weighted by Gasteiger charge is -2.27. The van der Waals surface area contributed by atoms with Gasteiger partial charge >= 0.3 is 6.03 Å². The molecule has 3 aromatic carbocycles. The summed E-state index contributed by atoms with van der Waals surface area (Å²) in [6.45, 7) is 1.50. The van der Waals surface area contributed by atoms with E-state index in [0.29, 0.717) is 32.6 Å². The Kier molecular flexibility index (Phi) is 7.38. The summed E-state index contributed by atoms with van der Waals surface area (Å²) in [7, 11) is 0. The molecule has 10 heteroatoms. The van der Waals surface area contributed by atoms with Crippen LogP contribution in [0.25, 0.3) is 6.08 Å². The molecule has 5 amide bonds. The van der Waals surface area contributed by atoms with Crippen molar-refractivity contribution >= 4 is 64.4 Å². The van der Waals surface area contributed by atoms with Crippen molar-refractivity contribution in [3.8, 4) is 5.75 Å². The summed E-state index contributed by atoms with van der Waals surface area (Å²) < 4.78 is 5.49. The van der Waals surface area contributed by atoms with E-state index >= 15 is 0 Å². The summed E-state index contributed by atoms with van der Waals surface area (Å²) in [5, 5.41) is 5.77. The minimum atomic E-state index is -0.854. The zero-order valence-electron chi connectivity index (χ0n) is 18.9. The molecule has 2 N–H and O–H groups in total. The molecule has 0 spiro atoms. The SMILES string of the molecule is Cc1ccc(Cl)cc1N1C(=O)NC(=O)/C(=C\c2ccc(OCC(=O)Nc3ccc(Cl)cc3)cc2)C1=O. The van der Waals surface area contributed by atoms with Crippen LogP contribution in [0.4, 0.5) is 16.2 Å². The van der Waals surface area contributed by atoms with Gasteiger partial charge in [0.05, 0.1) is 5.69 Å². The summed E-state index contributed by atoms with van der Waals surface area (Å²) in [6.07, 6.45) is 1.37. The molecule has 36 heavy (non-hydrogen) atoms. The summed E-state index contributed by atoms with van der Waals surface area (Å²) in [6, 6.07) is 17.0. The zero-order valence-corrected chi connectivity index (χ0v) is 20.4. The molecule has 182 valence electrons. The van der Waals surface area contributed by atoms with Gasteiger partial charge in [0.1, 0.15) is 11.3 Å². The van der Waals surface area contributed by atoms with Gasteiger partial charge in [-0.15, -0.1) is 0 Å². The Balaban J connectivity index is 1.45. The quantitative estimate of drug-likeness (QED) is 0.350. The number of benzene rings is 3. The van der Waals surface area contributed by atoms with E-state index in [4.69, 9.17) is 27.9 Å². The van der Waals surface area contributed by atoms with E-state index in [9.17, 15) is 19.2 Å². The number of carbonyl (C=O) groups excluding carboxylic acids is 4. The highest BCUT2D eigenvalue weighted by Crippen LogP contribution is 2.28. The second-order valence-electron chi connectivity index (χ2n) is 7.80. The van der Waals surface area contributed by atoms with Crippen LogP contribution in [-0.2, 0) is 14.4 Å². The molecule has 1 aliphatic rings. The van der Waals surface area contributed by atoms with Crippen LogP contribution < -0.4 is 20.3 Å². The van der Waals surface area contributed by atoms with Crippen molar-refractivity contribution in [3.05, 3.63) is 93.5 Å². The summed E-state index contributed by atoms with van der Waals surface area (Å²) in [5.41, 5.74) is 1.81. The number of amides is 5. The Bertz CT molecular complexity index is 1390. The molecule has 4 rings (SSSR count). The van der Waals surface area contributed by atoms with Crippen molar-refractivity contribution in [1.29, 1.82) is 0 Å². The maximum atomic E-state index is 13.1. The number of nitrogens with zero attached hydrogens (tertiary/aromatic N) is 1. The third-order valence-electron chi connectivity index (χ3n) is 5.20. The molecule has 0 radical (unpaired) electrons. The van der Waals surface area contributed by atoms with Crippen LogP contribution in [0.5, 0.6) is 5.75 Å². The largest absolute Gasteiger partial charge is 0.484 e. The third kappa shape index (κ3) is 5.73. The number of barbiturate groups is 1. The van der Waals surface area contributed by atoms with Crippen LogP contribution in [0.15, 0.2) is 72.3 Å². The minimum absolute atomic E-state index is 0.218. The Morgan fingerprint density at radius 2 is 1.64 bits per heavy atom. The van der Waals surface area contributed by atoms with Gasteiger partial charge in [0.15, 0.2) is 6.61 Å². The van der Waals surface area contributed by atoms with Gasteiger partial charge in [0.25, 0.3) is 17.7 Å². The normalized spacial score (nSPS) is 14.6. The van der Waals surface area contributed by atoms with Gasteiger partial charge in [0, 0.05) is 15.7 Å². The number of aryl methyl sites for hydroxylation is 1. The summed E-state index contributed by atoms with van der Waals surface area (Å²) in [4.78, 5) is 50.9. The van der Waals surface area contributed by atoms with E-state index in [1.165, 1.54) is 12.1 Å². The molecular weight excluding hydrogens is 505 g/mol. The molecule has 0 aliphatic carbocycles. The smallest absolute Gasteiger partial charge is 0.335 e. The molecule has 0 atom stereocenters. The monoisotopic (exact) mass is 523 g/mol. The average molecular weight is 524 g/mol. The molecule has 0 aromatic heterocycles. The van der Waals surface area contributed by atoms with Gasteiger partial charge in [-0.05, 0) is 72.7 Å². The fourth-order valence-corrected chi connectivity index (χ4v) is 3.70. The maximum absolute atomic E-state index is 13.1. The van der Waals surface area contributed by atoms with E-state index in [0.717, 1.165) is 4.90 Å². The number of halogens is 2. The van der Waals surface area contributed by atoms with Crippen molar-refractivity contribution in [1.82, 2.24) is 5.32 Å². The Labute approximate surface area is 216 Å². The van der Waals surface area contributed by atoms with Gasteiger partial charge in [-0.2, -0.15) is 0 Å². The second-order valence-corrected chi connectivity index (χ2v) is 8.67. The fourth-order valence-electron chi connectivity index (χ4n) is 3.41. The van der Waals surface area contributed by atoms with Crippen molar-refractivity contribution in [2.45, 2.75) is 6.92 Å². The highest BCUT2D eigenvalue weighted by molar-refractivity contribution is 6.39. The highest BCUT2D eigenvalue weighted by atomic mass is 35.5. The number of urea groups is 1. The van der Waals surface area contributed by atoms with Gasteiger partial charge in [-0.3, -0.25) is 19.7 Å². The minimum Gasteiger partial charge on any atom is -0.484 e. The number of anilines is 2. The lowest BCUT2D eigenvalue weighted by molar-refractivity contribution is -0.122. The number of hydrogen-bond donors (Lipinski definition) is 2. The molecule has 3 aromatic rings. The van der Waals surface area contributed by atoms with Crippen LogP contribution >= 0.6 is 23.2 Å².